The molecule has 0 aromatic heterocycles. The molecule has 0 saturated heterocycles. The monoisotopic (exact) mass is 368 g/mol. The summed E-state index contributed by atoms with van der Waals surface area (Å²) in [5.74, 6) is 0.300. The Morgan fingerprint density at radius 3 is 2.63 bits per heavy atom. The van der Waals surface area contributed by atoms with E-state index in [1.54, 1.807) is 18.2 Å². The highest BCUT2D eigenvalue weighted by Gasteiger charge is 2.16. The van der Waals surface area contributed by atoms with Crippen molar-refractivity contribution in [3.05, 3.63) is 33.3 Å². The van der Waals surface area contributed by atoms with Crippen molar-refractivity contribution < 1.29 is 4.79 Å². The third-order valence-corrected chi connectivity index (χ3v) is 3.37. The average molecular weight is 370 g/mol. The van der Waals surface area contributed by atoms with Crippen LogP contribution in [0.2, 0.25) is 5.02 Å². The van der Waals surface area contributed by atoms with Crippen LogP contribution in [0.3, 0.4) is 0 Å². The SMILES string of the molecule is CC(C)CC(CN)NC(=O)c1cc(Br)ccc1Cl.Cl. The molecule has 0 aliphatic heterocycles. The van der Waals surface area contributed by atoms with Gasteiger partial charge in [0.1, 0.15) is 0 Å². The van der Waals surface area contributed by atoms with E-state index >= 15 is 0 Å². The molecule has 6 heteroatoms. The number of benzene rings is 1. The first-order chi connectivity index (χ1) is 8.43. The summed E-state index contributed by atoms with van der Waals surface area (Å²) in [7, 11) is 0. The first-order valence-corrected chi connectivity index (χ1v) is 7.07. The maximum Gasteiger partial charge on any atom is 0.253 e. The molecule has 1 atom stereocenters. The Bertz CT molecular complexity index is 427. The van der Waals surface area contributed by atoms with Crippen molar-refractivity contribution in [3.63, 3.8) is 0 Å². The topological polar surface area (TPSA) is 55.1 Å². The van der Waals surface area contributed by atoms with Gasteiger partial charge in [-0.25, -0.2) is 0 Å². The Morgan fingerprint density at radius 2 is 2.11 bits per heavy atom. The number of carbonyl (C=O) groups excluding carboxylic acids is 1. The summed E-state index contributed by atoms with van der Waals surface area (Å²) < 4.78 is 0.824. The summed E-state index contributed by atoms with van der Waals surface area (Å²) in [5, 5.41) is 3.35. The van der Waals surface area contributed by atoms with Gasteiger partial charge in [0.05, 0.1) is 10.6 Å². The molecule has 108 valence electrons. The predicted molar refractivity (Wildman–Crippen MR) is 86.2 cm³/mol. The fourth-order valence-corrected chi connectivity index (χ4v) is 2.28. The zero-order valence-corrected chi connectivity index (χ0v) is 14.1. The van der Waals surface area contributed by atoms with E-state index in [2.05, 4.69) is 35.1 Å². The molecule has 0 aliphatic carbocycles. The molecular formula is C13H19BrCl2N2O. The molecule has 1 aromatic carbocycles. The van der Waals surface area contributed by atoms with Crippen LogP contribution in [0, 0.1) is 5.92 Å². The molecule has 1 amide bonds. The Labute approximate surface area is 133 Å². The van der Waals surface area contributed by atoms with Crippen LogP contribution in [-0.4, -0.2) is 18.5 Å². The minimum Gasteiger partial charge on any atom is -0.348 e. The summed E-state index contributed by atoms with van der Waals surface area (Å²) in [6.07, 6.45) is 0.855. The molecule has 0 heterocycles. The van der Waals surface area contributed by atoms with Crippen molar-refractivity contribution in [2.45, 2.75) is 26.3 Å². The van der Waals surface area contributed by atoms with Gasteiger partial charge in [-0.15, -0.1) is 12.4 Å². The summed E-state index contributed by atoms with van der Waals surface area (Å²) >= 11 is 9.34. The minimum absolute atomic E-state index is 0. The predicted octanol–water partition coefficient (Wildman–Crippen LogP) is 3.63. The van der Waals surface area contributed by atoms with Crippen molar-refractivity contribution in [1.82, 2.24) is 5.32 Å². The lowest BCUT2D eigenvalue weighted by Crippen LogP contribution is -2.41. The maximum absolute atomic E-state index is 12.1. The van der Waals surface area contributed by atoms with Gasteiger partial charge in [0.15, 0.2) is 0 Å². The molecule has 1 unspecified atom stereocenters. The largest absolute Gasteiger partial charge is 0.348 e. The molecular weight excluding hydrogens is 351 g/mol. The second-order valence-electron chi connectivity index (χ2n) is 4.66. The normalized spacial score (nSPS) is 11.9. The Kier molecular flexibility index (Phi) is 8.66. The van der Waals surface area contributed by atoms with Crippen molar-refractivity contribution in [1.29, 1.82) is 0 Å². The highest BCUT2D eigenvalue weighted by molar-refractivity contribution is 9.10. The third kappa shape index (κ3) is 6.13. The van der Waals surface area contributed by atoms with E-state index in [1.165, 1.54) is 0 Å². The molecule has 3 nitrogen and oxygen atoms in total. The van der Waals surface area contributed by atoms with Crippen LogP contribution in [-0.2, 0) is 0 Å². The van der Waals surface area contributed by atoms with Gasteiger partial charge >= 0.3 is 0 Å². The smallest absolute Gasteiger partial charge is 0.253 e. The second-order valence-corrected chi connectivity index (χ2v) is 5.98. The lowest BCUT2D eigenvalue weighted by molar-refractivity contribution is 0.0934. The number of nitrogens with one attached hydrogen (secondary N) is 1. The quantitative estimate of drug-likeness (QED) is 0.832. The van der Waals surface area contributed by atoms with Crippen LogP contribution < -0.4 is 11.1 Å². The molecule has 0 aliphatic rings. The van der Waals surface area contributed by atoms with Gasteiger partial charge in [-0.2, -0.15) is 0 Å². The van der Waals surface area contributed by atoms with Crippen LogP contribution in [0.4, 0.5) is 0 Å². The van der Waals surface area contributed by atoms with Crippen molar-refractivity contribution in [2.24, 2.45) is 11.7 Å². The fraction of sp³-hybridized carbons (Fsp3) is 0.462. The van der Waals surface area contributed by atoms with Crippen LogP contribution in [0.5, 0.6) is 0 Å². The van der Waals surface area contributed by atoms with Gasteiger partial charge in [-0.1, -0.05) is 41.4 Å². The van der Waals surface area contributed by atoms with Crippen LogP contribution in [0.25, 0.3) is 0 Å². The third-order valence-electron chi connectivity index (χ3n) is 2.55. The minimum atomic E-state index is -0.183. The standard InChI is InChI=1S/C13H18BrClN2O.ClH/c1-8(2)5-10(7-16)17-13(18)11-6-9(14)3-4-12(11)15;/h3-4,6,8,10H,5,7,16H2,1-2H3,(H,17,18);1H. The average Bonchev–Trinajstić information content (AvgIpc) is 2.30. The maximum atomic E-state index is 12.1. The number of halogens is 3. The molecule has 0 saturated carbocycles. The van der Waals surface area contributed by atoms with Gasteiger partial charge in [0.2, 0.25) is 0 Å². The van der Waals surface area contributed by atoms with Crippen molar-refractivity contribution in [2.75, 3.05) is 6.54 Å². The summed E-state index contributed by atoms with van der Waals surface area (Å²) in [6.45, 7) is 4.62. The molecule has 0 spiro atoms. The van der Waals surface area contributed by atoms with Gasteiger partial charge in [-0.05, 0) is 30.5 Å². The zero-order chi connectivity index (χ0) is 13.7. The number of nitrogens with two attached hydrogens (primary N) is 1. The highest BCUT2D eigenvalue weighted by atomic mass is 79.9. The summed E-state index contributed by atoms with van der Waals surface area (Å²) in [6, 6.07) is 5.18. The molecule has 0 radical (unpaired) electrons. The Morgan fingerprint density at radius 1 is 1.47 bits per heavy atom. The summed E-state index contributed by atoms with van der Waals surface area (Å²) in [5.41, 5.74) is 6.12. The van der Waals surface area contributed by atoms with Gasteiger partial charge in [-0.3, -0.25) is 4.79 Å². The van der Waals surface area contributed by atoms with E-state index in [4.69, 9.17) is 17.3 Å². The molecule has 0 fully saturated rings. The van der Waals surface area contributed by atoms with Crippen LogP contribution in [0.1, 0.15) is 30.6 Å². The van der Waals surface area contributed by atoms with Crippen LogP contribution in [0.15, 0.2) is 22.7 Å². The number of carbonyl (C=O) groups is 1. The first-order valence-electron chi connectivity index (χ1n) is 5.90. The number of amides is 1. The van der Waals surface area contributed by atoms with E-state index in [1.807, 2.05) is 0 Å². The fourth-order valence-electron chi connectivity index (χ4n) is 1.72. The first kappa shape index (κ1) is 18.7. The lowest BCUT2D eigenvalue weighted by atomic mass is 10.0. The number of hydrogen-bond acceptors (Lipinski definition) is 2. The van der Waals surface area contributed by atoms with Crippen LogP contribution >= 0.6 is 39.9 Å². The van der Waals surface area contributed by atoms with E-state index in [0.29, 0.717) is 23.0 Å². The summed E-state index contributed by atoms with van der Waals surface area (Å²) in [4.78, 5) is 12.1. The Hall–Kier alpha value is -0.290. The van der Waals surface area contributed by atoms with E-state index in [9.17, 15) is 4.79 Å². The van der Waals surface area contributed by atoms with Gasteiger partial charge in [0, 0.05) is 17.1 Å². The highest BCUT2D eigenvalue weighted by Crippen LogP contribution is 2.21. The second kappa shape index (κ2) is 8.80. The van der Waals surface area contributed by atoms with Gasteiger partial charge < -0.3 is 11.1 Å². The van der Waals surface area contributed by atoms with Crippen molar-refractivity contribution >= 4 is 45.8 Å². The molecule has 0 bridgehead atoms. The Balaban J connectivity index is 0.00000324. The molecule has 19 heavy (non-hydrogen) atoms. The molecule has 3 N–H and O–H groups in total. The number of rotatable bonds is 5. The van der Waals surface area contributed by atoms with E-state index in [0.717, 1.165) is 10.9 Å². The van der Waals surface area contributed by atoms with E-state index < -0.39 is 0 Å². The molecule has 1 aromatic rings. The number of hydrogen-bond donors (Lipinski definition) is 2. The van der Waals surface area contributed by atoms with Gasteiger partial charge in [0.25, 0.3) is 5.91 Å². The van der Waals surface area contributed by atoms with Crippen molar-refractivity contribution in [3.8, 4) is 0 Å². The lowest BCUT2D eigenvalue weighted by Gasteiger charge is -2.19. The zero-order valence-electron chi connectivity index (χ0n) is 11.0. The molecule has 1 rings (SSSR count). The van der Waals surface area contributed by atoms with E-state index in [-0.39, 0.29) is 24.4 Å².